The summed E-state index contributed by atoms with van der Waals surface area (Å²) in [6.45, 7) is 0.199. The summed E-state index contributed by atoms with van der Waals surface area (Å²) in [6, 6.07) is 10.5. The van der Waals surface area contributed by atoms with E-state index in [1.165, 1.54) is 18.2 Å². The van der Waals surface area contributed by atoms with Crippen molar-refractivity contribution in [2.45, 2.75) is 6.04 Å². The molecule has 1 atom stereocenters. The fourth-order valence-corrected chi connectivity index (χ4v) is 1.99. The molecule has 0 spiro atoms. The van der Waals surface area contributed by atoms with Gasteiger partial charge < -0.3 is 10.5 Å². The first-order chi connectivity index (χ1) is 9.06. The maximum atomic E-state index is 13.1. The molecule has 0 saturated heterocycles. The van der Waals surface area contributed by atoms with Gasteiger partial charge in [0.15, 0.2) is 0 Å². The molecule has 0 radical (unpaired) electrons. The lowest BCUT2D eigenvalue weighted by atomic mass is 10.1. The second-order valence-electron chi connectivity index (χ2n) is 4.04. The first kappa shape index (κ1) is 14.1. The summed E-state index contributed by atoms with van der Waals surface area (Å²) in [6.07, 6.45) is 0. The van der Waals surface area contributed by atoms with E-state index in [0.717, 1.165) is 0 Å². The van der Waals surface area contributed by atoms with Gasteiger partial charge in [-0.3, -0.25) is 0 Å². The highest BCUT2D eigenvalue weighted by atomic mass is 35.5. The van der Waals surface area contributed by atoms with Crippen molar-refractivity contribution in [1.29, 1.82) is 0 Å². The maximum absolute atomic E-state index is 13.1. The Bertz CT molecular complexity index is 560. The van der Waals surface area contributed by atoms with Crippen LogP contribution in [0.1, 0.15) is 11.6 Å². The highest BCUT2D eigenvalue weighted by Crippen LogP contribution is 2.23. The molecule has 2 N–H and O–H groups in total. The Kier molecular flexibility index (Phi) is 4.64. The predicted molar refractivity (Wildman–Crippen MR) is 75.3 cm³/mol. The molecule has 0 fully saturated rings. The molecule has 100 valence electrons. The first-order valence-corrected chi connectivity index (χ1v) is 6.41. The van der Waals surface area contributed by atoms with E-state index in [1.54, 1.807) is 24.3 Å². The Balaban J connectivity index is 2.03. The van der Waals surface area contributed by atoms with Gasteiger partial charge in [0.2, 0.25) is 0 Å². The Morgan fingerprint density at radius 3 is 2.47 bits per heavy atom. The number of halogens is 3. The van der Waals surface area contributed by atoms with Gasteiger partial charge in [-0.1, -0.05) is 23.2 Å². The minimum atomic E-state index is -0.501. The molecule has 19 heavy (non-hydrogen) atoms. The van der Waals surface area contributed by atoms with Crippen LogP contribution in [0.5, 0.6) is 5.75 Å². The molecule has 1 unspecified atom stereocenters. The SMILES string of the molecule is NC(COc1ccc(Cl)cc1)c1cc(F)ccc1Cl. The second kappa shape index (κ2) is 6.24. The minimum Gasteiger partial charge on any atom is -0.492 e. The van der Waals surface area contributed by atoms with Gasteiger partial charge in [-0.05, 0) is 48.0 Å². The van der Waals surface area contributed by atoms with Gasteiger partial charge in [0, 0.05) is 10.0 Å². The lowest BCUT2D eigenvalue weighted by Gasteiger charge is -2.15. The third-order valence-electron chi connectivity index (χ3n) is 2.60. The summed E-state index contributed by atoms with van der Waals surface area (Å²) >= 11 is 11.7. The Morgan fingerprint density at radius 2 is 1.79 bits per heavy atom. The fourth-order valence-electron chi connectivity index (χ4n) is 1.61. The molecular formula is C14H12Cl2FNO. The zero-order chi connectivity index (χ0) is 13.8. The third kappa shape index (κ3) is 3.83. The van der Waals surface area contributed by atoms with Gasteiger partial charge in [-0.25, -0.2) is 4.39 Å². The van der Waals surface area contributed by atoms with Gasteiger partial charge in [0.05, 0.1) is 6.04 Å². The Hall–Kier alpha value is -1.29. The van der Waals surface area contributed by atoms with Gasteiger partial charge >= 0.3 is 0 Å². The molecule has 0 aliphatic heterocycles. The smallest absolute Gasteiger partial charge is 0.123 e. The van der Waals surface area contributed by atoms with Crippen LogP contribution in [0.2, 0.25) is 10.0 Å². The number of ether oxygens (including phenoxy) is 1. The monoisotopic (exact) mass is 299 g/mol. The van der Waals surface area contributed by atoms with Gasteiger partial charge in [0.1, 0.15) is 18.2 Å². The first-order valence-electron chi connectivity index (χ1n) is 5.65. The molecule has 0 bridgehead atoms. The molecule has 0 aliphatic carbocycles. The Labute approximate surface area is 120 Å². The number of nitrogens with two attached hydrogens (primary N) is 1. The van der Waals surface area contributed by atoms with E-state index in [0.29, 0.717) is 21.4 Å². The van der Waals surface area contributed by atoms with Crippen molar-refractivity contribution in [1.82, 2.24) is 0 Å². The normalized spacial score (nSPS) is 12.2. The van der Waals surface area contributed by atoms with Crippen LogP contribution in [-0.2, 0) is 0 Å². The van der Waals surface area contributed by atoms with Crippen LogP contribution in [0, 0.1) is 5.82 Å². The van der Waals surface area contributed by atoms with Crippen molar-refractivity contribution in [3.05, 3.63) is 63.9 Å². The fraction of sp³-hybridized carbons (Fsp3) is 0.143. The van der Waals surface area contributed by atoms with Crippen LogP contribution in [-0.4, -0.2) is 6.61 Å². The van der Waals surface area contributed by atoms with Gasteiger partial charge in [0.25, 0.3) is 0 Å². The van der Waals surface area contributed by atoms with E-state index in [2.05, 4.69) is 0 Å². The van der Waals surface area contributed by atoms with E-state index in [4.69, 9.17) is 33.7 Å². The van der Waals surface area contributed by atoms with E-state index in [-0.39, 0.29) is 12.4 Å². The van der Waals surface area contributed by atoms with Gasteiger partial charge in [-0.15, -0.1) is 0 Å². The van der Waals surface area contributed by atoms with Crippen LogP contribution in [0.25, 0.3) is 0 Å². The quantitative estimate of drug-likeness (QED) is 0.918. The molecule has 0 saturated carbocycles. The third-order valence-corrected chi connectivity index (χ3v) is 3.20. The van der Waals surface area contributed by atoms with Crippen molar-refractivity contribution < 1.29 is 9.13 Å². The predicted octanol–water partition coefficient (Wildman–Crippen LogP) is 4.21. The molecular weight excluding hydrogens is 288 g/mol. The lowest BCUT2D eigenvalue weighted by molar-refractivity contribution is 0.290. The van der Waals surface area contributed by atoms with Gasteiger partial charge in [-0.2, -0.15) is 0 Å². The van der Waals surface area contributed by atoms with Crippen LogP contribution in [0.15, 0.2) is 42.5 Å². The highest BCUT2D eigenvalue weighted by molar-refractivity contribution is 6.31. The van der Waals surface area contributed by atoms with Crippen molar-refractivity contribution in [3.8, 4) is 5.75 Å². The van der Waals surface area contributed by atoms with E-state index < -0.39 is 6.04 Å². The summed E-state index contributed by atoms with van der Waals surface area (Å²) < 4.78 is 18.7. The molecule has 2 rings (SSSR count). The summed E-state index contributed by atoms with van der Waals surface area (Å²) in [5.41, 5.74) is 6.46. The van der Waals surface area contributed by atoms with Crippen LogP contribution < -0.4 is 10.5 Å². The van der Waals surface area contributed by atoms with Crippen LogP contribution in [0.4, 0.5) is 4.39 Å². The summed E-state index contributed by atoms with van der Waals surface area (Å²) in [5.74, 6) is 0.272. The molecule has 2 aromatic carbocycles. The number of hydrogen-bond donors (Lipinski definition) is 1. The Morgan fingerprint density at radius 1 is 1.11 bits per heavy atom. The van der Waals surface area contributed by atoms with E-state index in [1.807, 2.05) is 0 Å². The number of benzene rings is 2. The molecule has 2 aromatic rings. The van der Waals surface area contributed by atoms with Crippen molar-refractivity contribution in [3.63, 3.8) is 0 Å². The minimum absolute atomic E-state index is 0.199. The molecule has 5 heteroatoms. The topological polar surface area (TPSA) is 35.2 Å². The highest BCUT2D eigenvalue weighted by Gasteiger charge is 2.12. The largest absolute Gasteiger partial charge is 0.492 e. The number of rotatable bonds is 4. The summed E-state index contributed by atoms with van der Waals surface area (Å²) in [5, 5.41) is 1.05. The van der Waals surface area contributed by atoms with Crippen LogP contribution in [0.3, 0.4) is 0 Å². The van der Waals surface area contributed by atoms with Crippen LogP contribution >= 0.6 is 23.2 Å². The average molecular weight is 300 g/mol. The molecule has 2 nitrogen and oxygen atoms in total. The lowest BCUT2D eigenvalue weighted by Crippen LogP contribution is -2.19. The average Bonchev–Trinajstić information content (AvgIpc) is 2.40. The summed E-state index contributed by atoms with van der Waals surface area (Å²) in [4.78, 5) is 0. The molecule has 0 aromatic heterocycles. The zero-order valence-electron chi connectivity index (χ0n) is 9.95. The number of hydrogen-bond acceptors (Lipinski definition) is 2. The molecule has 0 heterocycles. The summed E-state index contributed by atoms with van der Waals surface area (Å²) in [7, 11) is 0. The van der Waals surface area contributed by atoms with Crippen molar-refractivity contribution in [2.75, 3.05) is 6.61 Å². The zero-order valence-corrected chi connectivity index (χ0v) is 11.5. The van der Waals surface area contributed by atoms with Crippen molar-refractivity contribution >= 4 is 23.2 Å². The standard InChI is InChI=1S/C14H12Cl2FNO/c15-9-1-4-11(5-2-9)19-8-14(18)12-7-10(17)3-6-13(12)16/h1-7,14H,8,18H2. The van der Waals surface area contributed by atoms with E-state index >= 15 is 0 Å². The van der Waals surface area contributed by atoms with E-state index in [9.17, 15) is 4.39 Å². The molecule has 0 aliphatic rings. The van der Waals surface area contributed by atoms with Crippen molar-refractivity contribution in [2.24, 2.45) is 5.73 Å². The molecule has 0 amide bonds. The maximum Gasteiger partial charge on any atom is 0.123 e. The second-order valence-corrected chi connectivity index (χ2v) is 4.88.